The fourth-order valence-electron chi connectivity index (χ4n) is 5.65. The fourth-order valence-corrected chi connectivity index (χ4v) is 5.65. The molecular formula is C34H37N3O10. The van der Waals surface area contributed by atoms with Crippen molar-refractivity contribution in [2.24, 2.45) is 5.73 Å². The lowest BCUT2D eigenvalue weighted by molar-refractivity contribution is -0.304. The molecule has 2 amide bonds. The van der Waals surface area contributed by atoms with Crippen LogP contribution in [0.2, 0.25) is 0 Å². The Balaban J connectivity index is 1.40. The Hall–Kier alpha value is -5.11. The van der Waals surface area contributed by atoms with Crippen LogP contribution in [0, 0.1) is 6.92 Å². The first-order chi connectivity index (χ1) is 22.2. The minimum Gasteiger partial charge on any atom is -0.505 e. The summed E-state index contributed by atoms with van der Waals surface area (Å²) < 4.78 is 28.0. The van der Waals surface area contributed by atoms with Gasteiger partial charge in [-0.05, 0) is 68.3 Å². The number of benzene rings is 3. The number of aliphatic hydroxyl groups is 1. The molecule has 13 heteroatoms. The standard InChI is InChI=1S/C34H37N3O10/c1-17-23(44-32-26(39)28(46-33(35)42)29(43-6)34(2,3)47-32)15-14-22-25(38)24(31(41)45-27(17)22)36-30(40)20-9-7-8-19(16-20)18-10-12-21(13-11-18)37(4)5/h7-16,26,28-29,32,38-39H,1-6H3,(H2,35,42)(H,36,40)/t26-,28+,29-,32-/m1/s1. The SMILES string of the molecule is CO[C@@H]1[C@@H](OC(N)=O)[C@@H](O)[C@H](Oc2ccc3c(O)c(NC(=O)c4cccc(-c5ccc(N(C)C)cc5)c4)c(=O)oc3c2C)OC1(C)C. The van der Waals surface area contributed by atoms with Crippen molar-refractivity contribution in [3.8, 4) is 22.6 Å². The highest BCUT2D eigenvalue weighted by molar-refractivity contribution is 6.07. The van der Waals surface area contributed by atoms with E-state index < -0.39 is 59.3 Å². The number of rotatable bonds is 8. The molecule has 5 N–H and O–H groups in total. The monoisotopic (exact) mass is 647 g/mol. The summed E-state index contributed by atoms with van der Waals surface area (Å²) in [6.45, 7) is 4.91. The summed E-state index contributed by atoms with van der Waals surface area (Å²) in [5.74, 6) is -0.980. The second-order valence-corrected chi connectivity index (χ2v) is 11.9. The van der Waals surface area contributed by atoms with Gasteiger partial charge in [0.15, 0.2) is 23.6 Å². The number of aliphatic hydroxyl groups excluding tert-OH is 1. The topological polar surface area (TPSA) is 183 Å². The van der Waals surface area contributed by atoms with Crippen molar-refractivity contribution in [2.45, 2.75) is 51.0 Å². The maximum atomic E-state index is 13.2. The van der Waals surface area contributed by atoms with Crippen LogP contribution in [0.15, 0.2) is 69.9 Å². The minimum atomic E-state index is -1.51. The van der Waals surface area contributed by atoms with Gasteiger partial charge in [0, 0.05) is 38.0 Å². The molecule has 4 atom stereocenters. The van der Waals surface area contributed by atoms with E-state index in [-0.39, 0.29) is 27.8 Å². The molecule has 1 saturated heterocycles. The van der Waals surface area contributed by atoms with Crippen molar-refractivity contribution in [3.05, 3.63) is 82.2 Å². The van der Waals surface area contributed by atoms with Crippen molar-refractivity contribution >= 4 is 34.3 Å². The Morgan fingerprint density at radius 2 is 1.74 bits per heavy atom. The summed E-state index contributed by atoms with van der Waals surface area (Å²) in [7, 11) is 5.27. The van der Waals surface area contributed by atoms with Crippen molar-refractivity contribution in [3.63, 3.8) is 0 Å². The molecule has 0 spiro atoms. The van der Waals surface area contributed by atoms with Crippen LogP contribution in [-0.4, -0.2) is 73.6 Å². The van der Waals surface area contributed by atoms with E-state index in [2.05, 4.69) is 5.32 Å². The van der Waals surface area contributed by atoms with E-state index in [9.17, 15) is 24.6 Å². The van der Waals surface area contributed by atoms with Crippen LogP contribution >= 0.6 is 0 Å². The molecule has 248 valence electrons. The second kappa shape index (κ2) is 12.9. The Morgan fingerprint density at radius 1 is 1.04 bits per heavy atom. The third kappa shape index (κ3) is 6.59. The van der Waals surface area contributed by atoms with Gasteiger partial charge in [-0.1, -0.05) is 24.3 Å². The molecule has 1 aromatic heterocycles. The molecule has 0 unspecified atom stereocenters. The summed E-state index contributed by atoms with van der Waals surface area (Å²) in [4.78, 5) is 39.8. The predicted octanol–water partition coefficient (Wildman–Crippen LogP) is 4.15. The van der Waals surface area contributed by atoms with Gasteiger partial charge < -0.3 is 49.5 Å². The number of ether oxygens (including phenoxy) is 4. The maximum Gasteiger partial charge on any atom is 0.404 e. The number of hydrogen-bond acceptors (Lipinski definition) is 11. The lowest BCUT2D eigenvalue weighted by Gasteiger charge is -2.47. The minimum absolute atomic E-state index is 0.0181. The van der Waals surface area contributed by atoms with Gasteiger partial charge in [0.25, 0.3) is 5.91 Å². The number of aryl methyl sites for hydroxylation is 1. The Bertz CT molecular complexity index is 1870. The smallest absolute Gasteiger partial charge is 0.404 e. The summed E-state index contributed by atoms with van der Waals surface area (Å²) >= 11 is 0. The van der Waals surface area contributed by atoms with Crippen molar-refractivity contribution in [1.29, 1.82) is 0 Å². The van der Waals surface area contributed by atoms with Crippen molar-refractivity contribution in [1.82, 2.24) is 0 Å². The zero-order valence-corrected chi connectivity index (χ0v) is 26.8. The number of methoxy groups -OCH3 is 1. The quantitative estimate of drug-likeness (QED) is 0.202. The van der Waals surface area contributed by atoms with E-state index >= 15 is 0 Å². The lowest BCUT2D eigenvalue weighted by Crippen LogP contribution is -2.65. The molecular weight excluding hydrogens is 610 g/mol. The molecule has 0 radical (unpaired) electrons. The summed E-state index contributed by atoms with van der Waals surface area (Å²) in [5.41, 5.74) is 5.97. The van der Waals surface area contributed by atoms with Gasteiger partial charge in [-0.2, -0.15) is 0 Å². The molecule has 1 fully saturated rings. The number of nitrogens with zero attached hydrogens (tertiary/aromatic N) is 1. The van der Waals surface area contributed by atoms with Crippen LogP contribution in [0.1, 0.15) is 29.8 Å². The van der Waals surface area contributed by atoms with E-state index in [0.29, 0.717) is 0 Å². The van der Waals surface area contributed by atoms with Crippen LogP contribution in [0.3, 0.4) is 0 Å². The molecule has 13 nitrogen and oxygen atoms in total. The van der Waals surface area contributed by atoms with Crippen LogP contribution in [0.5, 0.6) is 11.5 Å². The van der Waals surface area contributed by atoms with Crippen LogP contribution in [0.25, 0.3) is 22.1 Å². The van der Waals surface area contributed by atoms with Gasteiger partial charge in [0.2, 0.25) is 6.29 Å². The molecule has 1 aliphatic heterocycles. The number of primary amides is 1. The van der Waals surface area contributed by atoms with E-state index in [4.69, 9.17) is 29.1 Å². The number of carbonyl (C=O) groups excluding carboxylic acids is 2. The van der Waals surface area contributed by atoms with Gasteiger partial charge in [0.1, 0.15) is 17.4 Å². The number of fused-ring (bicyclic) bond motifs is 1. The molecule has 47 heavy (non-hydrogen) atoms. The Kier molecular flexibility index (Phi) is 9.16. The van der Waals surface area contributed by atoms with Gasteiger partial charge >= 0.3 is 11.7 Å². The molecule has 4 aromatic rings. The first-order valence-corrected chi connectivity index (χ1v) is 14.7. The summed E-state index contributed by atoms with van der Waals surface area (Å²) in [5, 5.41) is 24.7. The zero-order chi connectivity index (χ0) is 34.2. The number of nitrogens with one attached hydrogen (secondary N) is 1. The first kappa shape index (κ1) is 33.3. The number of amides is 2. The van der Waals surface area contributed by atoms with E-state index in [1.54, 1.807) is 39.0 Å². The number of nitrogens with two attached hydrogens (primary N) is 1. The third-order valence-electron chi connectivity index (χ3n) is 8.10. The van der Waals surface area contributed by atoms with Crippen LogP contribution in [-0.2, 0) is 14.2 Å². The highest BCUT2D eigenvalue weighted by atomic mass is 16.7. The normalized spacial score (nSPS) is 20.4. The van der Waals surface area contributed by atoms with Crippen molar-refractivity contribution < 1.29 is 43.2 Å². The van der Waals surface area contributed by atoms with E-state index in [0.717, 1.165) is 16.8 Å². The Labute approximate surface area is 270 Å². The molecule has 5 rings (SSSR count). The summed E-state index contributed by atoms with van der Waals surface area (Å²) in [6.07, 6.45) is -6.06. The maximum absolute atomic E-state index is 13.2. The van der Waals surface area contributed by atoms with Crippen molar-refractivity contribution in [2.75, 3.05) is 31.4 Å². The molecule has 0 saturated carbocycles. The van der Waals surface area contributed by atoms with Gasteiger partial charge in [-0.3, -0.25) is 4.79 Å². The highest BCUT2D eigenvalue weighted by Gasteiger charge is 2.53. The fraction of sp³-hybridized carbons (Fsp3) is 0.324. The van der Waals surface area contributed by atoms with E-state index in [1.807, 2.05) is 49.3 Å². The average molecular weight is 648 g/mol. The first-order valence-electron chi connectivity index (χ1n) is 14.7. The second-order valence-electron chi connectivity index (χ2n) is 11.9. The van der Waals surface area contributed by atoms with Crippen LogP contribution < -0.4 is 26.3 Å². The van der Waals surface area contributed by atoms with Gasteiger partial charge in [0.05, 0.1) is 11.0 Å². The third-order valence-corrected chi connectivity index (χ3v) is 8.10. The molecule has 3 aromatic carbocycles. The number of aromatic hydroxyl groups is 1. The lowest BCUT2D eigenvalue weighted by atomic mass is 9.89. The Morgan fingerprint density at radius 3 is 2.38 bits per heavy atom. The predicted molar refractivity (Wildman–Crippen MR) is 174 cm³/mol. The largest absolute Gasteiger partial charge is 0.505 e. The van der Waals surface area contributed by atoms with Gasteiger partial charge in [-0.25, -0.2) is 9.59 Å². The number of anilines is 2. The zero-order valence-electron chi connectivity index (χ0n) is 26.8. The highest BCUT2D eigenvalue weighted by Crippen LogP contribution is 2.38. The average Bonchev–Trinajstić information content (AvgIpc) is 3.02. The molecule has 2 heterocycles. The van der Waals surface area contributed by atoms with Gasteiger partial charge in [-0.15, -0.1) is 0 Å². The van der Waals surface area contributed by atoms with E-state index in [1.165, 1.54) is 19.2 Å². The summed E-state index contributed by atoms with van der Waals surface area (Å²) in [6, 6.07) is 17.6. The molecule has 0 aliphatic carbocycles. The molecule has 1 aliphatic rings. The number of carbonyl (C=O) groups is 2. The number of hydrogen-bond donors (Lipinski definition) is 4. The van der Waals surface area contributed by atoms with Crippen LogP contribution in [0.4, 0.5) is 16.2 Å². The molecule has 0 bridgehead atoms.